The van der Waals surface area contributed by atoms with Crippen LogP contribution in [-0.2, 0) is 11.2 Å². The lowest BCUT2D eigenvalue weighted by Crippen LogP contribution is -2.44. The number of carbonyl (C=O) groups excluding carboxylic acids is 2. The Balaban J connectivity index is 1.52. The molecule has 2 aromatic carbocycles. The molecule has 4 rings (SSSR count). The van der Waals surface area contributed by atoms with Gasteiger partial charge in [-0.3, -0.25) is 4.79 Å². The van der Waals surface area contributed by atoms with Crippen molar-refractivity contribution in [1.82, 2.24) is 15.5 Å². The second-order valence-electron chi connectivity index (χ2n) is 6.77. The van der Waals surface area contributed by atoms with Gasteiger partial charge in [0.15, 0.2) is 0 Å². The zero-order valence-corrected chi connectivity index (χ0v) is 16.1. The van der Waals surface area contributed by atoms with Gasteiger partial charge in [-0.05, 0) is 35.7 Å². The highest BCUT2D eigenvalue weighted by molar-refractivity contribution is 6.31. The summed E-state index contributed by atoms with van der Waals surface area (Å²) in [5.74, 6) is 0.718. The molecular formula is C21H20ClN3O3. The van der Waals surface area contributed by atoms with Crippen molar-refractivity contribution in [3.05, 3.63) is 76.0 Å². The monoisotopic (exact) mass is 397 g/mol. The molecule has 0 aliphatic carbocycles. The first-order valence-electron chi connectivity index (χ1n) is 9.04. The molecule has 2 heterocycles. The van der Waals surface area contributed by atoms with Crippen LogP contribution in [0.2, 0.25) is 5.02 Å². The average molecular weight is 398 g/mol. The highest BCUT2D eigenvalue weighted by Gasteiger charge is 2.40. The lowest BCUT2D eigenvalue weighted by atomic mass is 9.96. The van der Waals surface area contributed by atoms with E-state index in [-0.39, 0.29) is 11.9 Å². The molecule has 0 aromatic heterocycles. The fourth-order valence-corrected chi connectivity index (χ4v) is 3.85. The molecule has 0 saturated heterocycles. The Bertz CT molecular complexity index is 956. The molecule has 0 unspecified atom stereocenters. The van der Waals surface area contributed by atoms with E-state index in [9.17, 15) is 9.59 Å². The van der Waals surface area contributed by atoms with Gasteiger partial charge in [-0.25, -0.2) is 4.79 Å². The first-order chi connectivity index (χ1) is 13.6. The quantitative estimate of drug-likeness (QED) is 0.814. The average Bonchev–Trinajstić information content (AvgIpc) is 3.02. The molecule has 6 nitrogen and oxygen atoms in total. The van der Waals surface area contributed by atoms with Gasteiger partial charge in [0.1, 0.15) is 5.75 Å². The molecule has 2 N–H and O–H groups in total. The summed E-state index contributed by atoms with van der Waals surface area (Å²) in [5, 5.41) is 6.13. The summed E-state index contributed by atoms with van der Waals surface area (Å²) in [5.41, 5.74) is 3.04. The number of rotatable bonds is 5. The number of ether oxygens (including phenoxy) is 1. The van der Waals surface area contributed by atoms with E-state index in [2.05, 4.69) is 10.6 Å². The fraction of sp³-hybridized carbons (Fsp3) is 0.238. The summed E-state index contributed by atoms with van der Waals surface area (Å²) < 4.78 is 5.17. The summed E-state index contributed by atoms with van der Waals surface area (Å²) in [6.45, 7) is 0.946. The van der Waals surface area contributed by atoms with E-state index in [0.29, 0.717) is 35.8 Å². The maximum Gasteiger partial charge on any atom is 0.319 e. The predicted octanol–water partition coefficient (Wildman–Crippen LogP) is 3.04. The summed E-state index contributed by atoms with van der Waals surface area (Å²) in [6.07, 6.45) is 0.717. The molecule has 7 heteroatoms. The Hall–Kier alpha value is -2.99. The van der Waals surface area contributed by atoms with Crippen molar-refractivity contribution in [2.24, 2.45) is 0 Å². The number of halogens is 1. The Labute approximate surface area is 168 Å². The van der Waals surface area contributed by atoms with E-state index in [4.69, 9.17) is 16.3 Å². The maximum atomic E-state index is 13.1. The standard InChI is InChI=1S/C21H20ClN3O3/c1-28-14-8-6-13(7-9-14)10-11-25-12-17-18(20(25)26)19(24-21(27)23-17)15-4-2-3-5-16(15)22/h2-9,19H,10-12H2,1H3,(H2,23,24,27)/t19-/m1/s1. The topological polar surface area (TPSA) is 70.7 Å². The summed E-state index contributed by atoms with van der Waals surface area (Å²) in [6, 6.07) is 14.2. The maximum absolute atomic E-state index is 13.1. The van der Waals surface area contributed by atoms with Gasteiger partial charge in [0.25, 0.3) is 5.91 Å². The minimum Gasteiger partial charge on any atom is -0.497 e. The van der Waals surface area contributed by atoms with Crippen molar-refractivity contribution < 1.29 is 14.3 Å². The van der Waals surface area contributed by atoms with Gasteiger partial charge in [-0.15, -0.1) is 0 Å². The number of methoxy groups -OCH3 is 1. The third kappa shape index (κ3) is 3.43. The number of hydrogen-bond donors (Lipinski definition) is 2. The van der Waals surface area contributed by atoms with Crippen molar-refractivity contribution in [3.8, 4) is 5.75 Å². The zero-order valence-electron chi connectivity index (χ0n) is 15.4. The van der Waals surface area contributed by atoms with Crippen LogP contribution in [-0.4, -0.2) is 37.0 Å². The Kier molecular flexibility index (Phi) is 4.96. The number of amides is 3. The van der Waals surface area contributed by atoms with Crippen molar-refractivity contribution >= 4 is 23.5 Å². The third-order valence-corrected chi connectivity index (χ3v) is 5.41. The van der Waals surface area contributed by atoms with Gasteiger partial charge >= 0.3 is 6.03 Å². The van der Waals surface area contributed by atoms with Crippen molar-refractivity contribution in [2.75, 3.05) is 20.2 Å². The summed E-state index contributed by atoms with van der Waals surface area (Å²) in [7, 11) is 1.63. The van der Waals surface area contributed by atoms with Gasteiger partial charge < -0.3 is 20.3 Å². The van der Waals surface area contributed by atoms with Gasteiger partial charge in [0, 0.05) is 11.6 Å². The fourth-order valence-electron chi connectivity index (χ4n) is 3.61. The number of nitrogens with one attached hydrogen (secondary N) is 2. The van der Waals surface area contributed by atoms with Crippen molar-refractivity contribution in [1.29, 1.82) is 0 Å². The van der Waals surface area contributed by atoms with E-state index in [1.54, 1.807) is 18.1 Å². The second kappa shape index (κ2) is 7.56. The molecule has 28 heavy (non-hydrogen) atoms. The zero-order chi connectivity index (χ0) is 19.7. The number of urea groups is 1. The van der Waals surface area contributed by atoms with Gasteiger partial charge in [0.05, 0.1) is 31.0 Å². The minimum atomic E-state index is -0.545. The molecule has 2 aliphatic rings. The molecular weight excluding hydrogens is 378 g/mol. The van der Waals surface area contributed by atoms with E-state index in [0.717, 1.165) is 16.9 Å². The second-order valence-corrected chi connectivity index (χ2v) is 7.18. The molecule has 2 aromatic rings. The molecule has 2 aliphatic heterocycles. The van der Waals surface area contributed by atoms with E-state index in [1.807, 2.05) is 42.5 Å². The Morgan fingerprint density at radius 3 is 2.61 bits per heavy atom. The molecule has 3 amide bonds. The molecule has 0 saturated carbocycles. The lowest BCUT2D eigenvalue weighted by molar-refractivity contribution is -0.125. The molecule has 1 atom stereocenters. The normalized spacial score (nSPS) is 18.6. The van der Waals surface area contributed by atoms with Crippen LogP contribution < -0.4 is 15.4 Å². The van der Waals surface area contributed by atoms with Gasteiger partial charge in [0.2, 0.25) is 0 Å². The van der Waals surface area contributed by atoms with E-state index in [1.165, 1.54) is 0 Å². The SMILES string of the molecule is COc1ccc(CCN2CC3=C(C2=O)[C@@H](c2ccccc2Cl)NC(=O)N3)cc1. The molecule has 0 bridgehead atoms. The van der Waals surface area contributed by atoms with Crippen molar-refractivity contribution in [2.45, 2.75) is 12.5 Å². The number of carbonyl (C=O) groups is 2. The van der Waals surface area contributed by atoms with E-state index >= 15 is 0 Å². The van der Waals surface area contributed by atoms with Gasteiger partial charge in [-0.1, -0.05) is 41.9 Å². The lowest BCUT2D eigenvalue weighted by Gasteiger charge is -2.26. The van der Waals surface area contributed by atoms with Crippen LogP contribution in [0.3, 0.4) is 0 Å². The van der Waals surface area contributed by atoms with Crippen LogP contribution in [0.1, 0.15) is 17.2 Å². The highest BCUT2D eigenvalue weighted by Crippen LogP contribution is 2.35. The van der Waals surface area contributed by atoms with Crippen LogP contribution in [0.15, 0.2) is 59.8 Å². The summed E-state index contributed by atoms with van der Waals surface area (Å²) in [4.78, 5) is 26.9. The van der Waals surface area contributed by atoms with E-state index < -0.39 is 6.04 Å². The molecule has 0 spiro atoms. The van der Waals surface area contributed by atoms with Crippen molar-refractivity contribution in [3.63, 3.8) is 0 Å². The third-order valence-electron chi connectivity index (χ3n) is 5.07. The molecule has 0 radical (unpaired) electrons. The number of benzene rings is 2. The van der Waals surface area contributed by atoms with Crippen LogP contribution in [0.4, 0.5) is 4.79 Å². The van der Waals surface area contributed by atoms with Crippen LogP contribution in [0.5, 0.6) is 5.75 Å². The minimum absolute atomic E-state index is 0.0825. The number of hydrogen-bond acceptors (Lipinski definition) is 3. The largest absolute Gasteiger partial charge is 0.497 e. The molecule has 144 valence electrons. The molecule has 0 fully saturated rings. The Morgan fingerprint density at radius 2 is 1.89 bits per heavy atom. The Morgan fingerprint density at radius 1 is 1.14 bits per heavy atom. The van der Waals surface area contributed by atoms with Crippen LogP contribution in [0.25, 0.3) is 0 Å². The smallest absolute Gasteiger partial charge is 0.319 e. The van der Waals surface area contributed by atoms with Crippen LogP contribution >= 0.6 is 11.6 Å². The highest BCUT2D eigenvalue weighted by atomic mass is 35.5. The van der Waals surface area contributed by atoms with Gasteiger partial charge in [-0.2, -0.15) is 0 Å². The first kappa shape index (κ1) is 18.4. The first-order valence-corrected chi connectivity index (χ1v) is 9.42. The number of nitrogens with zero attached hydrogens (tertiary/aromatic N) is 1. The summed E-state index contributed by atoms with van der Waals surface area (Å²) >= 11 is 6.32. The predicted molar refractivity (Wildman–Crippen MR) is 106 cm³/mol. The van der Waals surface area contributed by atoms with Crippen LogP contribution in [0, 0.1) is 0 Å².